The summed E-state index contributed by atoms with van der Waals surface area (Å²) in [5.74, 6) is 0.585. The zero-order valence-electron chi connectivity index (χ0n) is 16.0. The Labute approximate surface area is 162 Å². The zero-order valence-corrected chi connectivity index (χ0v) is 16.0. The number of hydrogen-bond donors (Lipinski definition) is 2. The van der Waals surface area contributed by atoms with E-state index in [0.717, 1.165) is 67.9 Å². The fourth-order valence-corrected chi connectivity index (χ4v) is 3.07. The molecule has 0 fully saturated rings. The summed E-state index contributed by atoms with van der Waals surface area (Å²) in [6.07, 6.45) is 6.21. The third kappa shape index (κ3) is 6.19. The van der Waals surface area contributed by atoms with Crippen LogP contribution in [0, 0.1) is 0 Å². The monoisotopic (exact) mass is 374 g/mol. The topological polar surface area (TPSA) is 70.4 Å². The Morgan fingerprint density at radius 1 is 1.30 bits per heavy atom. The summed E-state index contributed by atoms with van der Waals surface area (Å²) in [7, 11) is 0. The fourth-order valence-electron chi connectivity index (χ4n) is 3.07. The lowest BCUT2D eigenvalue weighted by Gasteiger charge is -2.19. The first-order valence-corrected chi connectivity index (χ1v) is 9.46. The summed E-state index contributed by atoms with van der Waals surface area (Å²) in [6.45, 7) is 10.6. The molecule has 2 rings (SSSR count). The number of unbranched alkanes of at least 4 members (excludes halogenated alkanes) is 1. The molecule has 1 heterocycles. The van der Waals surface area contributed by atoms with Gasteiger partial charge in [-0.15, -0.1) is 0 Å². The molecule has 1 aromatic carbocycles. The van der Waals surface area contributed by atoms with Gasteiger partial charge < -0.3 is 9.47 Å². The molecule has 0 radical (unpaired) electrons. The summed E-state index contributed by atoms with van der Waals surface area (Å²) < 4.78 is 2.33. The molecule has 0 atom stereocenters. The smallest absolute Gasteiger partial charge is 0.267 e. The maximum Gasteiger partial charge on any atom is 0.267 e. The first-order chi connectivity index (χ1) is 12.6. The van der Waals surface area contributed by atoms with E-state index >= 15 is 0 Å². The van der Waals surface area contributed by atoms with Gasteiger partial charge in [-0.25, -0.2) is 10.5 Å². The lowest BCUT2D eigenvalue weighted by Crippen LogP contribution is -2.27. The molecule has 0 saturated heterocycles. The van der Waals surface area contributed by atoms with Crippen molar-refractivity contribution in [1.29, 1.82) is 0 Å². The molecular weight excluding hydrogens is 340 g/mol. The van der Waals surface area contributed by atoms with Crippen molar-refractivity contribution >= 4 is 23.0 Å². The molecule has 0 spiro atoms. The third-order valence-electron chi connectivity index (χ3n) is 4.68. The average Bonchev–Trinajstić information content (AvgIpc) is 3.01. The predicted octanol–water partition coefficient (Wildman–Crippen LogP) is 3.88. The van der Waals surface area contributed by atoms with Crippen molar-refractivity contribution < 1.29 is 10.0 Å². The number of fused-ring (bicyclic) bond motifs is 1. The van der Waals surface area contributed by atoms with Gasteiger partial charge in [-0.2, -0.15) is 0 Å². The molecule has 0 aliphatic rings. The predicted molar refractivity (Wildman–Crippen MR) is 112 cm³/mol. The standard InChI is InChI=1S/C20H30N4O2.CH4/c1-4-7-8-19-21-17-15-16(10-12-20(25)22-26)9-11-18(17)24(19)14-13-23(5-2)6-3;/h9-12,15,26H,4-8,13-14H2,1-3H3,(H,22,25);1H4/b12-10+;. The van der Waals surface area contributed by atoms with Crippen LogP contribution < -0.4 is 5.48 Å². The molecule has 2 N–H and O–H groups in total. The normalized spacial score (nSPS) is 11.3. The first kappa shape index (κ1) is 22.9. The highest BCUT2D eigenvalue weighted by atomic mass is 16.5. The lowest BCUT2D eigenvalue weighted by atomic mass is 10.2. The van der Waals surface area contributed by atoms with Crippen LogP contribution in [-0.4, -0.2) is 45.2 Å². The quantitative estimate of drug-likeness (QED) is 0.376. The second-order valence-corrected chi connectivity index (χ2v) is 6.37. The number of rotatable bonds is 10. The zero-order chi connectivity index (χ0) is 18.9. The molecule has 27 heavy (non-hydrogen) atoms. The average molecular weight is 375 g/mol. The van der Waals surface area contributed by atoms with Gasteiger partial charge in [0.1, 0.15) is 5.82 Å². The number of benzene rings is 1. The van der Waals surface area contributed by atoms with E-state index in [-0.39, 0.29) is 7.43 Å². The Morgan fingerprint density at radius 3 is 2.67 bits per heavy atom. The molecule has 0 aliphatic heterocycles. The van der Waals surface area contributed by atoms with Gasteiger partial charge in [0, 0.05) is 25.6 Å². The van der Waals surface area contributed by atoms with Crippen LogP contribution in [0.2, 0.25) is 0 Å². The Kier molecular flexibility index (Phi) is 9.75. The van der Waals surface area contributed by atoms with Gasteiger partial charge in [0.05, 0.1) is 11.0 Å². The molecular formula is C21H34N4O2. The highest BCUT2D eigenvalue weighted by Gasteiger charge is 2.12. The number of hydroxylamine groups is 1. The van der Waals surface area contributed by atoms with E-state index < -0.39 is 5.91 Å². The number of aryl methyl sites for hydroxylation is 1. The van der Waals surface area contributed by atoms with Crippen molar-refractivity contribution in [2.75, 3.05) is 19.6 Å². The number of likely N-dealkylation sites (N-methyl/N-ethyl adjacent to an activating group) is 1. The maximum atomic E-state index is 11.2. The largest absolute Gasteiger partial charge is 0.327 e. The number of carbonyl (C=O) groups excluding carboxylic acids is 1. The Bertz CT molecular complexity index is 748. The van der Waals surface area contributed by atoms with Gasteiger partial charge in [0.25, 0.3) is 5.91 Å². The molecule has 0 saturated carbocycles. The summed E-state index contributed by atoms with van der Waals surface area (Å²) in [5.41, 5.74) is 4.56. The highest BCUT2D eigenvalue weighted by molar-refractivity contribution is 5.91. The van der Waals surface area contributed by atoms with Gasteiger partial charge in [0.2, 0.25) is 0 Å². The summed E-state index contributed by atoms with van der Waals surface area (Å²) in [6, 6.07) is 6.03. The molecule has 150 valence electrons. The van der Waals surface area contributed by atoms with Crippen molar-refractivity contribution in [3.8, 4) is 0 Å². The number of imidazole rings is 1. The van der Waals surface area contributed by atoms with Gasteiger partial charge in [-0.3, -0.25) is 10.0 Å². The molecule has 2 aromatic rings. The van der Waals surface area contributed by atoms with Crippen LogP contribution in [0.5, 0.6) is 0 Å². The lowest BCUT2D eigenvalue weighted by molar-refractivity contribution is -0.124. The second kappa shape index (κ2) is 11.5. The van der Waals surface area contributed by atoms with Crippen LogP contribution in [0.4, 0.5) is 0 Å². The van der Waals surface area contributed by atoms with Crippen molar-refractivity contribution in [1.82, 2.24) is 19.9 Å². The van der Waals surface area contributed by atoms with Crippen molar-refractivity contribution in [2.45, 2.75) is 54.0 Å². The van der Waals surface area contributed by atoms with Crippen molar-refractivity contribution in [3.05, 3.63) is 35.7 Å². The van der Waals surface area contributed by atoms with Crippen LogP contribution >= 0.6 is 0 Å². The van der Waals surface area contributed by atoms with Crippen molar-refractivity contribution in [3.63, 3.8) is 0 Å². The van der Waals surface area contributed by atoms with Crippen LogP contribution in [0.25, 0.3) is 17.1 Å². The Hall–Kier alpha value is -2.18. The summed E-state index contributed by atoms with van der Waals surface area (Å²) >= 11 is 0. The van der Waals surface area contributed by atoms with E-state index in [1.54, 1.807) is 11.6 Å². The van der Waals surface area contributed by atoms with E-state index in [0.29, 0.717) is 0 Å². The van der Waals surface area contributed by atoms with Crippen LogP contribution in [0.15, 0.2) is 24.3 Å². The fraction of sp³-hybridized carbons (Fsp3) is 0.524. The second-order valence-electron chi connectivity index (χ2n) is 6.37. The van der Waals surface area contributed by atoms with Gasteiger partial charge >= 0.3 is 0 Å². The molecule has 1 amide bonds. The molecule has 1 aromatic heterocycles. The Balaban J connectivity index is 0.00000364. The Morgan fingerprint density at radius 2 is 2.04 bits per heavy atom. The van der Waals surface area contributed by atoms with Crippen LogP contribution in [-0.2, 0) is 17.8 Å². The van der Waals surface area contributed by atoms with Crippen LogP contribution in [0.3, 0.4) is 0 Å². The molecule has 6 heteroatoms. The number of hydrogen-bond acceptors (Lipinski definition) is 4. The summed E-state index contributed by atoms with van der Waals surface area (Å²) in [5, 5.41) is 8.58. The third-order valence-corrected chi connectivity index (χ3v) is 4.68. The van der Waals surface area contributed by atoms with E-state index in [9.17, 15) is 4.79 Å². The SMILES string of the molecule is C.CCCCc1nc2cc(/C=C/C(=O)NO)ccc2n1CCN(CC)CC. The molecule has 0 unspecified atom stereocenters. The first-order valence-electron chi connectivity index (χ1n) is 9.46. The van der Waals surface area contributed by atoms with Gasteiger partial charge in [-0.05, 0) is 43.3 Å². The van der Waals surface area contributed by atoms with Crippen LogP contribution in [0.1, 0.15) is 52.4 Å². The summed E-state index contributed by atoms with van der Waals surface area (Å²) in [4.78, 5) is 18.4. The molecule has 6 nitrogen and oxygen atoms in total. The number of nitrogens with zero attached hydrogens (tertiary/aromatic N) is 3. The number of carbonyl (C=O) groups is 1. The van der Waals surface area contributed by atoms with Gasteiger partial charge in [-0.1, -0.05) is 40.7 Å². The number of nitrogens with one attached hydrogen (secondary N) is 1. The van der Waals surface area contributed by atoms with E-state index in [2.05, 4.69) is 36.3 Å². The molecule has 0 bridgehead atoms. The molecule has 0 aliphatic carbocycles. The van der Waals surface area contributed by atoms with Gasteiger partial charge in [0.15, 0.2) is 0 Å². The van der Waals surface area contributed by atoms with E-state index in [1.165, 1.54) is 6.08 Å². The minimum atomic E-state index is -0.543. The maximum absolute atomic E-state index is 11.2. The van der Waals surface area contributed by atoms with Crippen molar-refractivity contribution in [2.24, 2.45) is 0 Å². The van der Waals surface area contributed by atoms with E-state index in [4.69, 9.17) is 10.2 Å². The van der Waals surface area contributed by atoms with E-state index in [1.807, 2.05) is 12.1 Å². The number of amides is 1. The minimum Gasteiger partial charge on any atom is -0.327 e. The highest BCUT2D eigenvalue weighted by Crippen LogP contribution is 2.20. The number of aromatic nitrogens is 2. The minimum absolute atomic E-state index is 0.